The van der Waals surface area contributed by atoms with Crippen LogP contribution in [0.5, 0.6) is 0 Å². The Labute approximate surface area is 117 Å². The van der Waals surface area contributed by atoms with E-state index in [1.165, 1.54) is 5.56 Å². The summed E-state index contributed by atoms with van der Waals surface area (Å²) in [4.78, 5) is 11.6. The van der Waals surface area contributed by atoms with Gasteiger partial charge in [-0.15, -0.1) is 0 Å². The summed E-state index contributed by atoms with van der Waals surface area (Å²) in [7, 11) is 0. The summed E-state index contributed by atoms with van der Waals surface area (Å²) in [5.41, 5.74) is 1.22. The number of carbonyl (C=O) groups excluding carboxylic acids is 1. The van der Waals surface area contributed by atoms with Gasteiger partial charge in [0, 0.05) is 11.4 Å². The van der Waals surface area contributed by atoms with Crippen molar-refractivity contribution in [2.75, 3.05) is 6.67 Å². The van der Waals surface area contributed by atoms with Gasteiger partial charge in [0.05, 0.1) is 6.67 Å². The van der Waals surface area contributed by atoms with E-state index in [1.807, 2.05) is 36.4 Å². The third-order valence-corrected chi connectivity index (χ3v) is 3.53. The smallest absolute Gasteiger partial charge is 0.208 e. The average Bonchev–Trinajstić information content (AvgIpc) is 2.47. The van der Waals surface area contributed by atoms with Crippen LogP contribution < -0.4 is 5.32 Å². The molecule has 4 heteroatoms. The van der Waals surface area contributed by atoms with Crippen LogP contribution in [0.2, 0.25) is 0 Å². The molecule has 2 rings (SSSR count). The Kier molecular flexibility index (Phi) is 5.47. The van der Waals surface area contributed by atoms with Crippen LogP contribution in [0, 0.1) is 0 Å². The van der Waals surface area contributed by atoms with Crippen LogP contribution in [0.3, 0.4) is 0 Å². The van der Waals surface area contributed by atoms with Crippen LogP contribution in [0.4, 0.5) is 0 Å². The lowest BCUT2D eigenvalue weighted by molar-refractivity contribution is -0.109. The molecule has 0 aliphatic rings. The molecule has 1 N–H and O–H groups in total. The summed E-state index contributed by atoms with van der Waals surface area (Å²) >= 11 is 1.64. The highest BCUT2D eigenvalue weighted by molar-refractivity contribution is 7.97. The van der Waals surface area contributed by atoms with Gasteiger partial charge in [0.25, 0.3) is 0 Å². The summed E-state index contributed by atoms with van der Waals surface area (Å²) in [6.07, 6.45) is 0.726. The second-order valence-electron chi connectivity index (χ2n) is 4.01. The standard InChI is InChI=1S/C15H16N2OS/c18-13-16-12-17(11-14-7-3-1-4-8-14)19-15-9-5-2-6-10-15/h1-10,13H,11-12H2,(H,16,18). The van der Waals surface area contributed by atoms with E-state index in [0.29, 0.717) is 6.67 Å². The SMILES string of the molecule is O=CNCN(Cc1ccccc1)Sc1ccccc1. The van der Waals surface area contributed by atoms with Crippen LogP contribution >= 0.6 is 11.9 Å². The first-order valence-electron chi connectivity index (χ1n) is 6.07. The molecule has 0 aromatic heterocycles. The monoisotopic (exact) mass is 272 g/mol. The second kappa shape index (κ2) is 7.61. The van der Waals surface area contributed by atoms with Gasteiger partial charge in [-0.05, 0) is 29.6 Å². The number of benzene rings is 2. The first kappa shape index (κ1) is 13.6. The Morgan fingerprint density at radius 2 is 1.63 bits per heavy atom. The lowest BCUT2D eigenvalue weighted by atomic mass is 10.2. The third-order valence-electron chi connectivity index (χ3n) is 2.53. The number of amides is 1. The predicted molar refractivity (Wildman–Crippen MR) is 78.4 cm³/mol. The van der Waals surface area contributed by atoms with Crippen molar-refractivity contribution >= 4 is 18.4 Å². The molecule has 2 aromatic rings. The van der Waals surface area contributed by atoms with E-state index in [-0.39, 0.29) is 0 Å². The summed E-state index contributed by atoms with van der Waals surface area (Å²) in [6, 6.07) is 20.3. The maximum Gasteiger partial charge on any atom is 0.208 e. The molecular formula is C15H16N2OS. The fraction of sp³-hybridized carbons (Fsp3) is 0.133. The van der Waals surface area contributed by atoms with E-state index >= 15 is 0 Å². The van der Waals surface area contributed by atoms with Crippen molar-refractivity contribution in [1.29, 1.82) is 0 Å². The normalized spacial score (nSPS) is 10.4. The van der Waals surface area contributed by atoms with Crippen molar-refractivity contribution in [3.63, 3.8) is 0 Å². The zero-order chi connectivity index (χ0) is 13.3. The molecule has 98 valence electrons. The van der Waals surface area contributed by atoms with Gasteiger partial charge in [-0.25, -0.2) is 4.31 Å². The third kappa shape index (κ3) is 4.77. The van der Waals surface area contributed by atoms with Crippen molar-refractivity contribution in [2.24, 2.45) is 0 Å². The highest BCUT2D eigenvalue weighted by Gasteiger charge is 2.07. The Bertz CT molecular complexity index is 449. The van der Waals surface area contributed by atoms with Crippen LogP contribution in [-0.4, -0.2) is 17.4 Å². The molecule has 0 heterocycles. The highest BCUT2D eigenvalue weighted by Crippen LogP contribution is 2.23. The fourth-order valence-electron chi connectivity index (χ4n) is 1.68. The van der Waals surface area contributed by atoms with Crippen molar-refractivity contribution in [2.45, 2.75) is 11.4 Å². The van der Waals surface area contributed by atoms with Gasteiger partial charge in [0.2, 0.25) is 6.41 Å². The number of rotatable bonds is 7. The fourth-order valence-corrected chi connectivity index (χ4v) is 2.61. The summed E-state index contributed by atoms with van der Waals surface area (Å²) in [5.74, 6) is 0. The van der Waals surface area contributed by atoms with E-state index < -0.39 is 0 Å². The average molecular weight is 272 g/mol. The zero-order valence-corrected chi connectivity index (χ0v) is 11.3. The Morgan fingerprint density at radius 3 is 2.26 bits per heavy atom. The van der Waals surface area contributed by atoms with Gasteiger partial charge in [-0.2, -0.15) is 0 Å². The molecule has 0 unspecified atom stereocenters. The van der Waals surface area contributed by atoms with Crippen molar-refractivity contribution in [3.8, 4) is 0 Å². The zero-order valence-electron chi connectivity index (χ0n) is 10.5. The second-order valence-corrected chi connectivity index (χ2v) is 5.18. The maximum absolute atomic E-state index is 10.5. The molecule has 0 bridgehead atoms. The van der Waals surface area contributed by atoms with Gasteiger partial charge >= 0.3 is 0 Å². The number of carbonyl (C=O) groups is 1. The number of hydrogen-bond acceptors (Lipinski definition) is 3. The molecule has 0 aliphatic carbocycles. The van der Waals surface area contributed by atoms with Crippen molar-refractivity contribution < 1.29 is 4.79 Å². The van der Waals surface area contributed by atoms with E-state index in [4.69, 9.17) is 0 Å². The van der Waals surface area contributed by atoms with E-state index in [1.54, 1.807) is 11.9 Å². The lowest BCUT2D eigenvalue weighted by Gasteiger charge is -2.20. The highest BCUT2D eigenvalue weighted by atomic mass is 32.2. The Hall–Kier alpha value is -1.78. The summed E-state index contributed by atoms with van der Waals surface area (Å²) in [5, 5.41) is 2.71. The number of nitrogens with one attached hydrogen (secondary N) is 1. The Balaban J connectivity index is 2.01. The maximum atomic E-state index is 10.5. The molecule has 1 amide bonds. The molecule has 19 heavy (non-hydrogen) atoms. The molecule has 0 fully saturated rings. The molecule has 0 saturated heterocycles. The predicted octanol–water partition coefficient (Wildman–Crippen LogP) is 2.90. The van der Waals surface area contributed by atoms with Crippen LogP contribution in [0.1, 0.15) is 5.56 Å². The topological polar surface area (TPSA) is 32.3 Å². The minimum atomic E-state index is 0.512. The van der Waals surface area contributed by atoms with E-state index in [2.05, 4.69) is 33.9 Å². The quantitative estimate of drug-likeness (QED) is 0.478. The molecule has 0 atom stereocenters. The molecule has 0 radical (unpaired) electrons. The van der Waals surface area contributed by atoms with E-state index in [9.17, 15) is 4.79 Å². The number of nitrogens with zero attached hydrogens (tertiary/aromatic N) is 1. The largest absolute Gasteiger partial charge is 0.345 e. The van der Waals surface area contributed by atoms with Crippen molar-refractivity contribution in [3.05, 3.63) is 66.2 Å². The van der Waals surface area contributed by atoms with Gasteiger partial charge in [-0.1, -0.05) is 48.5 Å². The minimum absolute atomic E-state index is 0.512. The molecule has 3 nitrogen and oxygen atoms in total. The van der Waals surface area contributed by atoms with Crippen LogP contribution in [0.25, 0.3) is 0 Å². The van der Waals surface area contributed by atoms with E-state index in [0.717, 1.165) is 17.9 Å². The summed E-state index contributed by atoms with van der Waals surface area (Å²) < 4.78 is 2.11. The van der Waals surface area contributed by atoms with Crippen LogP contribution in [0.15, 0.2) is 65.6 Å². The van der Waals surface area contributed by atoms with Crippen LogP contribution in [-0.2, 0) is 11.3 Å². The molecule has 0 aliphatic heterocycles. The van der Waals surface area contributed by atoms with Gasteiger partial charge in [-0.3, -0.25) is 4.79 Å². The molecule has 0 spiro atoms. The first-order chi connectivity index (χ1) is 9.38. The van der Waals surface area contributed by atoms with Crippen molar-refractivity contribution in [1.82, 2.24) is 9.62 Å². The minimum Gasteiger partial charge on any atom is -0.345 e. The summed E-state index contributed by atoms with van der Waals surface area (Å²) in [6.45, 7) is 1.29. The molecule has 0 saturated carbocycles. The lowest BCUT2D eigenvalue weighted by Crippen LogP contribution is -2.27. The Morgan fingerprint density at radius 1 is 1.00 bits per heavy atom. The van der Waals surface area contributed by atoms with Gasteiger partial charge in [0.1, 0.15) is 0 Å². The number of hydrogen-bond donors (Lipinski definition) is 1. The molecular weight excluding hydrogens is 256 g/mol. The molecule has 2 aromatic carbocycles. The van der Waals surface area contributed by atoms with Gasteiger partial charge < -0.3 is 5.32 Å². The first-order valence-corrected chi connectivity index (χ1v) is 6.85. The van der Waals surface area contributed by atoms with Gasteiger partial charge in [0.15, 0.2) is 0 Å².